The van der Waals surface area contributed by atoms with Crippen molar-refractivity contribution < 1.29 is 5.11 Å². The van der Waals surface area contributed by atoms with Crippen molar-refractivity contribution in [3.05, 3.63) is 30.0 Å². The Morgan fingerprint density at radius 1 is 1.31 bits per heavy atom. The van der Waals surface area contributed by atoms with E-state index in [4.69, 9.17) is 0 Å². The maximum Gasteiger partial charge on any atom is 0.0656 e. The smallest absolute Gasteiger partial charge is 0.0656 e. The number of nitrogens with one attached hydrogen (secondary N) is 2. The zero-order valence-electron chi connectivity index (χ0n) is 9.96. The number of hydrogen-bond donors (Lipinski definition) is 3. The Bertz CT molecular complexity index is 500. The number of aliphatic hydroxyl groups excluding tert-OH is 1. The molecule has 0 amide bonds. The number of aryl methyl sites for hydroxylation is 1. The Hall–Kier alpha value is -1.48. The molecule has 0 fully saturated rings. The maximum absolute atomic E-state index is 9.28. The third-order valence-electron chi connectivity index (χ3n) is 2.75. The Morgan fingerprint density at radius 2 is 2.00 bits per heavy atom. The van der Waals surface area contributed by atoms with Crippen LogP contribution in [0.5, 0.6) is 0 Å². The molecule has 0 bridgehead atoms. The average molecular weight is 218 g/mol. The molecule has 0 radical (unpaired) electrons. The summed E-state index contributed by atoms with van der Waals surface area (Å²) in [6, 6.07) is 8.17. The Labute approximate surface area is 95.5 Å². The van der Waals surface area contributed by atoms with Gasteiger partial charge in [0.1, 0.15) is 0 Å². The van der Waals surface area contributed by atoms with E-state index in [1.807, 2.05) is 32.9 Å². The van der Waals surface area contributed by atoms with Gasteiger partial charge in [-0.25, -0.2) is 0 Å². The third-order valence-corrected chi connectivity index (χ3v) is 2.75. The molecule has 2 aromatic rings. The predicted molar refractivity (Wildman–Crippen MR) is 67.8 cm³/mol. The van der Waals surface area contributed by atoms with E-state index in [0.717, 1.165) is 16.9 Å². The van der Waals surface area contributed by atoms with Crippen molar-refractivity contribution in [2.24, 2.45) is 0 Å². The normalized spacial score (nSPS) is 12.0. The minimum absolute atomic E-state index is 0.103. The van der Waals surface area contributed by atoms with Crippen molar-refractivity contribution in [2.45, 2.75) is 26.3 Å². The minimum Gasteiger partial charge on any atom is -0.394 e. The van der Waals surface area contributed by atoms with E-state index < -0.39 is 0 Å². The van der Waals surface area contributed by atoms with Gasteiger partial charge in [-0.2, -0.15) is 0 Å². The van der Waals surface area contributed by atoms with Gasteiger partial charge in [0, 0.05) is 16.6 Å². The number of aromatic nitrogens is 1. The second-order valence-corrected chi connectivity index (χ2v) is 4.84. The highest BCUT2D eigenvalue weighted by molar-refractivity contribution is 5.94. The molecule has 1 heterocycles. The number of aromatic amines is 1. The highest BCUT2D eigenvalue weighted by Crippen LogP contribution is 2.29. The van der Waals surface area contributed by atoms with Crippen molar-refractivity contribution in [1.82, 2.24) is 4.98 Å². The van der Waals surface area contributed by atoms with E-state index in [0.29, 0.717) is 0 Å². The number of fused-ring (bicyclic) bond motifs is 1. The van der Waals surface area contributed by atoms with Crippen LogP contribution in [0.4, 0.5) is 5.69 Å². The second-order valence-electron chi connectivity index (χ2n) is 4.84. The van der Waals surface area contributed by atoms with Gasteiger partial charge in [0.2, 0.25) is 0 Å². The van der Waals surface area contributed by atoms with Crippen molar-refractivity contribution in [3.63, 3.8) is 0 Å². The summed E-state index contributed by atoms with van der Waals surface area (Å²) in [4.78, 5) is 3.33. The highest BCUT2D eigenvalue weighted by Gasteiger charge is 2.19. The molecule has 0 aliphatic rings. The topological polar surface area (TPSA) is 48.0 Å². The van der Waals surface area contributed by atoms with Crippen molar-refractivity contribution in [3.8, 4) is 0 Å². The van der Waals surface area contributed by atoms with E-state index in [1.165, 1.54) is 5.39 Å². The molecule has 86 valence electrons. The molecule has 16 heavy (non-hydrogen) atoms. The summed E-state index contributed by atoms with van der Waals surface area (Å²) in [6.45, 7) is 6.10. The molecule has 2 rings (SSSR count). The number of aliphatic hydroxyl groups is 1. The zero-order chi connectivity index (χ0) is 11.8. The number of rotatable bonds is 3. The lowest BCUT2D eigenvalue weighted by Gasteiger charge is -2.25. The fraction of sp³-hybridized carbons (Fsp3) is 0.385. The van der Waals surface area contributed by atoms with E-state index in [-0.39, 0.29) is 12.1 Å². The van der Waals surface area contributed by atoms with Gasteiger partial charge in [-0.15, -0.1) is 0 Å². The number of benzene rings is 1. The standard InChI is InChI=1S/C13H18N2O/c1-9-12(15-13(2,3)8-16)10-6-4-5-7-11(10)14-9/h4-7,14-16H,8H2,1-3H3. The van der Waals surface area contributed by atoms with Crippen LogP contribution < -0.4 is 5.32 Å². The first-order chi connectivity index (χ1) is 7.53. The summed E-state index contributed by atoms with van der Waals surface area (Å²) in [7, 11) is 0. The average Bonchev–Trinajstić information content (AvgIpc) is 2.56. The summed E-state index contributed by atoms with van der Waals surface area (Å²) < 4.78 is 0. The van der Waals surface area contributed by atoms with Crippen molar-refractivity contribution in [2.75, 3.05) is 11.9 Å². The summed E-state index contributed by atoms with van der Waals surface area (Å²) in [5, 5.41) is 13.8. The van der Waals surface area contributed by atoms with E-state index >= 15 is 0 Å². The number of para-hydroxylation sites is 1. The molecule has 3 N–H and O–H groups in total. The van der Waals surface area contributed by atoms with Crippen LogP contribution in [-0.2, 0) is 0 Å². The van der Waals surface area contributed by atoms with Gasteiger partial charge in [0.25, 0.3) is 0 Å². The molecule has 0 unspecified atom stereocenters. The first-order valence-corrected chi connectivity index (χ1v) is 5.50. The molecule has 3 heteroatoms. The van der Waals surface area contributed by atoms with Gasteiger partial charge >= 0.3 is 0 Å². The van der Waals surface area contributed by atoms with Crippen LogP contribution in [0.2, 0.25) is 0 Å². The summed E-state index contributed by atoms with van der Waals surface area (Å²) >= 11 is 0. The van der Waals surface area contributed by atoms with Crippen molar-refractivity contribution in [1.29, 1.82) is 0 Å². The minimum atomic E-state index is -0.310. The molecule has 0 saturated heterocycles. The zero-order valence-corrected chi connectivity index (χ0v) is 9.96. The van der Waals surface area contributed by atoms with Gasteiger partial charge in [-0.05, 0) is 26.8 Å². The summed E-state index contributed by atoms with van der Waals surface area (Å²) in [5.41, 5.74) is 2.99. The third kappa shape index (κ3) is 1.91. The van der Waals surface area contributed by atoms with E-state index in [2.05, 4.69) is 22.4 Å². The van der Waals surface area contributed by atoms with Crippen LogP contribution in [-0.4, -0.2) is 22.2 Å². The molecule has 1 aromatic carbocycles. The van der Waals surface area contributed by atoms with Crippen LogP contribution in [0, 0.1) is 6.92 Å². The number of H-pyrrole nitrogens is 1. The molecule has 3 nitrogen and oxygen atoms in total. The number of anilines is 1. The monoisotopic (exact) mass is 218 g/mol. The summed E-state index contributed by atoms with van der Waals surface area (Å²) in [6.07, 6.45) is 0. The van der Waals surface area contributed by atoms with E-state index in [9.17, 15) is 5.11 Å². The quantitative estimate of drug-likeness (QED) is 0.741. The number of hydrogen-bond acceptors (Lipinski definition) is 2. The molecular weight excluding hydrogens is 200 g/mol. The van der Waals surface area contributed by atoms with Gasteiger partial charge < -0.3 is 15.4 Å². The lowest BCUT2D eigenvalue weighted by atomic mass is 10.1. The first kappa shape index (κ1) is 11.0. The molecular formula is C13H18N2O. The van der Waals surface area contributed by atoms with Gasteiger partial charge in [0.15, 0.2) is 0 Å². The van der Waals surface area contributed by atoms with Crippen LogP contribution >= 0.6 is 0 Å². The van der Waals surface area contributed by atoms with Crippen LogP contribution in [0.25, 0.3) is 10.9 Å². The Morgan fingerprint density at radius 3 is 2.69 bits per heavy atom. The van der Waals surface area contributed by atoms with Crippen LogP contribution in [0.3, 0.4) is 0 Å². The van der Waals surface area contributed by atoms with Gasteiger partial charge in [-0.1, -0.05) is 18.2 Å². The fourth-order valence-electron chi connectivity index (χ4n) is 1.82. The lowest BCUT2D eigenvalue weighted by molar-refractivity contribution is 0.234. The molecule has 0 aliphatic carbocycles. The maximum atomic E-state index is 9.28. The molecule has 0 atom stereocenters. The summed E-state index contributed by atoms with van der Waals surface area (Å²) in [5.74, 6) is 0. The van der Waals surface area contributed by atoms with E-state index in [1.54, 1.807) is 0 Å². The van der Waals surface area contributed by atoms with Gasteiger partial charge in [0.05, 0.1) is 17.8 Å². The molecule has 0 spiro atoms. The largest absolute Gasteiger partial charge is 0.394 e. The van der Waals surface area contributed by atoms with Crippen LogP contribution in [0.15, 0.2) is 24.3 Å². The first-order valence-electron chi connectivity index (χ1n) is 5.50. The molecule has 0 saturated carbocycles. The second kappa shape index (κ2) is 3.83. The van der Waals surface area contributed by atoms with Gasteiger partial charge in [-0.3, -0.25) is 0 Å². The van der Waals surface area contributed by atoms with Crippen LogP contribution in [0.1, 0.15) is 19.5 Å². The molecule has 0 aliphatic heterocycles. The lowest BCUT2D eigenvalue weighted by Crippen LogP contribution is -2.35. The Kier molecular flexibility index (Phi) is 2.64. The molecule has 1 aromatic heterocycles. The fourth-order valence-corrected chi connectivity index (χ4v) is 1.82. The Balaban J connectivity index is 2.47. The SMILES string of the molecule is Cc1[nH]c2ccccc2c1NC(C)(C)CO. The van der Waals surface area contributed by atoms with Crippen molar-refractivity contribution >= 4 is 16.6 Å². The predicted octanol–water partition coefficient (Wildman–Crippen LogP) is 2.66. The highest BCUT2D eigenvalue weighted by atomic mass is 16.3.